The first-order chi connectivity index (χ1) is 24.1. The highest BCUT2D eigenvalue weighted by Gasteiger charge is 2.19. The van der Waals surface area contributed by atoms with Gasteiger partial charge in [-0.05, 0) is 104 Å². The molecule has 262 valence electrons. The van der Waals surface area contributed by atoms with Crippen molar-refractivity contribution in [1.29, 1.82) is 0 Å². The van der Waals surface area contributed by atoms with Gasteiger partial charge in [-0.1, -0.05) is 50.8 Å². The lowest BCUT2D eigenvalue weighted by molar-refractivity contribution is -0.119. The first-order valence-corrected chi connectivity index (χ1v) is 16.7. The topological polar surface area (TPSA) is 120 Å². The maximum atomic E-state index is 13.9. The van der Waals surface area contributed by atoms with Crippen molar-refractivity contribution in [3.63, 3.8) is 0 Å². The number of amides is 2. The van der Waals surface area contributed by atoms with E-state index in [0.717, 1.165) is 18.4 Å². The highest BCUT2D eigenvalue weighted by atomic mass is 19.1. The van der Waals surface area contributed by atoms with Gasteiger partial charge in [-0.15, -0.1) is 0 Å². The van der Waals surface area contributed by atoms with Crippen molar-refractivity contribution in [3.05, 3.63) is 119 Å². The summed E-state index contributed by atoms with van der Waals surface area (Å²) in [7, 11) is 1.37. The van der Waals surface area contributed by atoms with Gasteiger partial charge in [0.05, 0.1) is 31.7 Å². The summed E-state index contributed by atoms with van der Waals surface area (Å²) in [5.41, 5.74) is 2.40. The average molecular weight is 683 g/mol. The molecule has 1 atom stereocenters. The Kier molecular flexibility index (Phi) is 14.1. The van der Waals surface area contributed by atoms with E-state index in [-0.39, 0.29) is 30.3 Å². The molecule has 0 aliphatic carbocycles. The second kappa shape index (κ2) is 18.9. The molecule has 2 amide bonds. The molecule has 0 aliphatic heterocycles. The van der Waals surface area contributed by atoms with Crippen LogP contribution in [0.3, 0.4) is 0 Å². The van der Waals surface area contributed by atoms with E-state index in [9.17, 15) is 23.6 Å². The van der Waals surface area contributed by atoms with Gasteiger partial charge >= 0.3 is 5.97 Å². The fourth-order valence-electron chi connectivity index (χ4n) is 5.13. The Morgan fingerprint density at radius 2 is 1.40 bits per heavy atom. The molecule has 4 aromatic rings. The zero-order chi connectivity index (χ0) is 35.9. The number of ketones is 1. The molecule has 10 heteroatoms. The third-order valence-electron chi connectivity index (χ3n) is 7.99. The number of nitrogens with one attached hydrogen (secondary N) is 2. The number of anilines is 1. The number of rotatable bonds is 18. The van der Waals surface area contributed by atoms with Crippen LogP contribution in [0, 0.1) is 5.82 Å². The molecule has 0 aliphatic rings. The van der Waals surface area contributed by atoms with E-state index in [0.29, 0.717) is 40.5 Å². The molecule has 4 aromatic carbocycles. The summed E-state index contributed by atoms with van der Waals surface area (Å²) < 4.78 is 30.1. The van der Waals surface area contributed by atoms with Crippen LogP contribution in [0.2, 0.25) is 0 Å². The summed E-state index contributed by atoms with van der Waals surface area (Å²) in [6.45, 7) is 4.22. The second-order valence-electron chi connectivity index (χ2n) is 11.9. The Hall–Kier alpha value is -5.51. The molecule has 0 heterocycles. The van der Waals surface area contributed by atoms with Crippen molar-refractivity contribution in [2.75, 3.05) is 19.0 Å². The van der Waals surface area contributed by atoms with E-state index in [4.69, 9.17) is 14.2 Å². The van der Waals surface area contributed by atoms with Crippen molar-refractivity contribution in [3.8, 4) is 17.2 Å². The van der Waals surface area contributed by atoms with E-state index >= 15 is 0 Å². The summed E-state index contributed by atoms with van der Waals surface area (Å²) in [5.74, 6) is -0.946. The Balaban J connectivity index is 1.24. The van der Waals surface area contributed by atoms with Gasteiger partial charge in [0.1, 0.15) is 11.5 Å². The van der Waals surface area contributed by atoms with Gasteiger partial charge in [0.15, 0.2) is 17.3 Å². The molecule has 0 bridgehead atoms. The van der Waals surface area contributed by atoms with Crippen LogP contribution >= 0.6 is 0 Å². The molecule has 0 unspecified atom stereocenters. The summed E-state index contributed by atoms with van der Waals surface area (Å²) >= 11 is 0. The number of benzene rings is 4. The third-order valence-corrected chi connectivity index (χ3v) is 7.99. The van der Waals surface area contributed by atoms with Gasteiger partial charge in [0, 0.05) is 11.3 Å². The smallest absolute Gasteiger partial charge is 0.343 e. The first-order valence-electron chi connectivity index (χ1n) is 16.7. The number of hydrogen-bond donors (Lipinski definition) is 2. The molecule has 0 aromatic heterocycles. The normalized spacial score (nSPS) is 11.3. The number of Topliss-reactive ketones (excluding diaryl/α,β-unsaturated/α-hetero) is 1. The summed E-state index contributed by atoms with van der Waals surface area (Å²) in [5, 5.41) is 5.49. The lowest BCUT2D eigenvalue weighted by atomic mass is 10.0. The summed E-state index contributed by atoms with van der Waals surface area (Å²) in [6.07, 6.45) is 5.96. The standard InChI is InChI=1S/C40H43FN2O7/c1-4-5-6-7-8-23-49-33-20-14-31(15-21-33)40(47)50-34-18-9-28(10-19-34)25-36(27(2)44)43-39(46)30-12-16-32(17-13-30)42-38(45)26-29-11-22-37(48-3)35(41)24-29/h9-22,24,36H,4-8,23,25-26H2,1-3H3,(H,42,45)(H,43,46)/t36-/m0/s1. The SMILES string of the molecule is CCCCCCCOc1ccc(C(=O)Oc2ccc(C[C@H](NC(=O)c3ccc(NC(=O)Cc4ccc(OC)c(F)c4)cc3)C(C)=O)cc2)cc1. The Morgan fingerprint density at radius 3 is 2.04 bits per heavy atom. The van der Waals surface area contributed by atoms with Crippen LogP contribution < -0.4 is 24.8 Å². The molecule has 0 saturated carbocycles. The maximum absolute atomic E-state index is 13.9. The van der Waals surface area contributed by atoms with E-state index in [1.54, 1.807) is 66.7 Å². The van der Waals surface area contributed by atoms with Crippen LogP contribution in [0.25, 0.3) is 0 Å². The van der Waals surface area contributed by atoms with Crippen molar-refractivity contribution in [1.82, 2.24) is 5.32 Å². The van der Waals surface area contributed by atoms with E-state index in [2.05, 4.69) is 17.6 Å². The Labute approximate surface area is 292 Å². The van der Waals surface area contributed by atoms with Crippen LogP contribution in [0.15, 0.2) is 91.0 Å². The van der Waals surface area contributed by atoms with E-state index < -0.39 is 23.7 Å². The molecule has 2 N–H and O–H groups in total. The lowest BCUT2D eigenvalue weighted by Crippen LogP contribution is -2.41. The number of halogens is 1. The zero-order valence-corrected chi connectivity index (χ0v) is 28.6. The number of esters is 1. The molecular formula is C40H43FN2O7. The van der Waals surface area contributed by atoms with Crippen LogP contribution in [0.1, 0.15) is 77.8 Å². The second-order valence-corrected chi connectivity index (χ2v) is 11.9. The first kappa shape index (κ1) is 37.3. The van der Waals surface area contributed by atoms with Crippen molar-refractivity contribution in [2.24, 2.45) is 0 Å². The van der Waals surface area contributed by atoms with E-state index in [1.165, 1.54) is 57.6 Å². The van der Waals surface area contributed by atoms with Gasteiger partial charge in [0.25, 0.3) is 5.91 Å². The number of hydrogen-bond acceptors (Lipinski definition) is 7. The number of methoxy groups -OCH3 is 1. The highest BCUT2D eigenvalue weighted by Crippen LogP contribution is 2.20. The Bertz CT molecular complexity index is 1740. The largest absolute Gasteiger partial charge is 0.494 e. The minimum Gasteiger partial charge on any atom is -0.494 e. The summed E-state index contributed by atoms with van der Waals surface area (Å²) in [6, 6.07) is 23.3. The fourth-order valence-corrected chi connectivity index (χ4v) is 5.13. The highest BCUT2D eigenvalue weighted by molar-refractivity contribution is 5.98. The monoisotopic (exact) mass is 682 g/mol. The molecule has 0 fully saturated rings. The van der Waals surface area contributed by atoms with Crippen molar-refractivity contribution >= 4 is 29.3 Å². The number of unbranched alkanes of at least 4 members (excludes halogenated alkanes) is 4. The Morgan fingerprint density at radius 1 is 0.760 bits per heavy atom. The molecule has 9 nitrogen and oxygen atoms in total. The quantitative estimate of drug-likeness (QED) is 0.0633. The van der Waals surface area contributed by atoms with E-state index in [1.807, 2.05) is 0 Å². The molecule has 50 heavy (non-hydrogen) atoms. The maximum Gasteiger partial charge on any atom is 0.343 e. The zero-order valence-electron chi connectivity index (χ0n) is 28.6. The average Bonchev–Trinajstić information content (AvgIpc) is 3.10. The van der Waals surface area contributed by atoms with Crippen LogP contribution in [-0.4, -0.2) is 43.3 Å². The molecule has 0 saturated heterocycles. The molecule has 4 rings (SSSR count). The summed E-state index contributed by atoms with van der Waals surface area (Å²) in [4.78, 5) is 50.5. The van der Waals surface area contributed by atoms with Crippen molar-refractivity contribution in [2.45, 2.75) is 64.8 Å². The molecule has 0 radical (unpaired) electrons. The van der Waals surface area contributed by atoms with Crippen molar-refractivity contribution < 1.29 is 37.8 Å². The third kappa shape index (κ3) is 11.6. The minimum atomic E-state index is -0.794. The fraction of sp³-hybridized carbons (Fsp3) is 0.300. The van der Waals surface area contributed by atoms with Gasteiger partial charge in [0.2, 0.25) is 5.91 Å². The minimum absolute atomic E-state index is 0.0458. The van der Waals surface area contributed by atoms with Gasteiger partial charge in [-0.2, -0.15) is 0 Å². The molecule has 0 spiro atoms. The number of ether oxygens (including phenoxy) is 3. The van der Waals surface area contributed by atoms with Gasteiger partial charge in [-0.25, -0.2) is 9.18 Å². The molecular weight excluding hydrogens is 639 g/mol. The van der Waals surface area contributed by atoms with Crippen LogP contribution in [0.5, 0.6) is 17.2 Å². The van der Waals surface area contributed by atoms with Crippen LogP contribution in [0.4, 0.5) is 10.1 Å². The predicted molar refractivity (Wildman–Crippen MR) is 189 cm³/mol. The predicted octanol–water partition coefficient (Wildman–Crippen LogP) is 7.51. The number of carbonyl (C=O) groups excluding carboxylic acids is 4. The number of carbonyl (C=O) groups is 4. The van der Waals surface area contributed by atoms with Gasteiger partial charge in [-0.3, -0.25) is 14.4 Å². The lowest BCUT2D eigenvalue weighted by Gasteiger charge is -2.17. The van der Waals surface area contributed by atoms with Gasteiger partial charge < -0.3 is 24.8 Å². The van der Waals surface area contributed by atoms with Crippen LogP contribution in [-0.2, 0) is 22.4 Å².